The molecule has 0 unspecified atom stereocenters. The van der Waals surface area contributed by atoms with E-state index in [9.17, 15) is 4.79 Å². The molecule has 0 heterocycles. The van der Waals surface area contributed by atoms with Gasteiger partial charge in [0.15, 0.2) is 0 Å². The molecule has 0 aliphatic carbocycles. The first kappa shape index (κ1) is 11.5. The largest absolute Gasteiger partial charge is 0.411 e. The first-order valence-corrected chi connectivity index (χ1v) is 4.46. The van der Waals surface area contributed by atoms with Crippen molar-refractivity contribution in [3.8, 4) is 5.75 Å². The van der Waals surface area contributed by atoms with E-state index < -0.39 is 6.09 Å². The van der Waals surface area contributed by atoms with Crippen LogP contribution in [0, 0.1) is 0 Å². The van der Waals surface area contributed by atoms with Crippen LogP contribution < -0.4 is 10.5 Å². The van der Waals surface area contributed by atoms with E-state index in [-0.39, 0.29) is 19.1 Å². The number of benzene rings is 1. The van der Waals surface area contributed by atoms with Gasteiger partial charge in [0.2, 0.25) is 0 Å². The van der Waals surface area contributed by atoms with Gasteiger partial charge in [-0.25, -0.2) is 4.79 Å². The van der Waals surface area contributed by atoms with Crippen LogP contribution in [0.25, 0.3) is 0 Å². The van der Waals surface area contributed by atoms with Gasteiger partial charge in [-0.1, -0.05) is 12.1 Å². The number of rotatable bonds is 4. The van der Waals surface area contributed by atoms with Crippen molar-refractivity contribution in [1.29, 1.82) is 0 Å². The molecule has 0 fully saturated rings. The molecule has 0 aliphatic rings. The van der Waals surface area contributed by atoms with Crippen LogP contribution in [0.1, 0.15) is 11.5 Å². The van der Waals surface area contributed by atoms with Crippen LogP contribution in [-0.2, 0) is 0 Å². The molecular weight excluding hydrogens is 198 g/mol. The quantitative estimate of drug-likeness (QED) is 0.663. The maximum absolute atomic E-state index is 10.4. The summed E-state index contributed by atoms with van der Waals surface area (Å²) in [4.78, 5) is 10.4. The Labute approximate surface area is 87.1 Å². The minimum Gasteiger partial charge on any atom is -0.411 e. The van der Waals surface area contributed by atoms with Crippen LogP contribution in [0.15, 0.2) is 24.3 Å². The number of amides is 1. The van der Waals surface area contributed by atoms with Crippen molar-refractivity contribution >= 4 is 6.09 Å². The van der Waals surface area contributed by atoms with Gasteiger partial charge >= 0.3 is 6.09 Å². The van der Waals surface area contributed by atoms with Crippen LogP contribution in [0.2, 0.25) is 0 Å². The number of aliphatic hydroxyl groups is 2. The predicted molar refractivity (Wildman–Crippen MR) is 53.6 cm³/mol. The van der Waals surface area contributed by atoms with Crippen LogP contribution in [0.3, 0.4) is 0 Å². The molecule has 1 rings (SSSR count). The van der Waals surface area contributed by atoms with E-state index in [0.29, 0.717) is 5.75 Å². The first-order chi connectivity index (χ1) is 7.17. The number of ether oxygens (including phenoxy) is 1. The average Bonchev–Trinajstić information content (AvgIpc) is 2.21. The molecule has 82 valence electrons. The molecule has 1 aromatic carbocycles. The Bertz CT molecular complexity index is 319. The predicted octanol–water partition coefficient (Wildman–Crippen LogP) is 0.212. The van der Waals surface area contributed by atoms with Crippen LogP contribution in [0.5, 0.6) is 5.75 Å². The molecule has 0 bridgehead atoms. The van der Waals surface area contributed by atoms with E-state index >= 15 is 0 Å². The number of hydrogen-bond donors (Lipinski definition) is 3. The maximum Gasteiger partial charge on any atom is 0.409 e. The highest BCUT2D eigenvalue weighted by molar-refractivity contribution is 5.68. The van der Waals surface area contributed by atoms with Crippen molar-refractivity contribution in [2.24, 2.45) is 5.73 Å². The smallest absolute Gasteiger partial charge is 0.409 e. The third-order valence-corrected chi connectivity index (χ3v) is 2.01. The van der Waals surface area contributed by atoms with E-state index in [1.807, 2.05) is 0 Å². The van der Waals surface area contributed by atoms with Gasteiger partial charge in [0.05, 0.1) is 13.2 Å². The number of nitrogens with two attached hydrogens (primary N) is 1. The zero-order valence-corrected chi connectivity index (χ0v) is 8.09. The Morgan fingerprint density at radius 1 is 1.27 bits per heavy atom. The molecule has 0 radical (unpaired) electrons. The number of carbonyl (C=O) groups is 1. The van der Waals surface area contributed by atoms with E-state index in [1.165, 1.54) is 0 Å². The second-order valence-corrected chi connectivity index (χ2v) is 3.05. The topological polar surface area (TPSA) is 92.8 Å². The summed E-state index contributed by atoms with van der Waals surface area (Å²) in [6.07, 6.45) is -0.872. The highest BCUT2D eigenvalue weighted by Crippen LogP contribution is 2.18. The van der Waals surface area contributed by atoms with E-state index in [4.69, 9.17) is 15.9 Å². The molecule has 4 N–H and O–H groups in total. The van der Waals surface area contributed by atoms with Gasteiger partial charge < -0.3 is 20.7 Å². The Hall–Kier alpha value is -1.59. The summed E-state index contributed by atoms with van der Waals surface area (Å²) in [7, 11) is 0. The van der Waals surface area contributed by atoms with Crippen LogP contribution >= 0.6 is 0 Å². The Kier molecular flexibility index (Phi) is 4.08. The first-order valence-electron chi connectivity index (χ1n) is 4.46. The van der Waals surface area contributed by atoms with Crippen molar-refractivity contribution in [2.75, 3.05) is 13.2 Å². The lowest BCUT2D eigenvalue weighted by Crippen LogP contribution is -2.16. The number of carbonyl (C=O) groups excluding carboxylic acids is 1. The lowest BCUT2D eigenvalue weighted by Gasteiger charge is -2.11. The molecule has 0 spiro atoms. The fourth-order valence-corrected chi connectivity index (χ4v) is 1.19. The van der Waals surface area contributed by atoms with E-state index in [1.54, 1.807) is 24.3 Å². The highest BCUT2D eigenvalue weighted by atomic mass is 16.5. The molecule has 5 nitrogen and oxygen atoms in total. The third kappa shape index (κ3) is 3.23. The summed E-state index contributed by atoms with van der Waals surface area (Å²) < 4.78 is 4.63. The minimum absolute atomic E-state index is 0.132. The molecule has 1 amide bonds. The second kappa shape index (κ2) is 5.33. The molecule has 0 saturated heterocycles. The van der Waals surface area contributed by atoms with Crippen LogP contribution in [-0.4, -0.2) is 29.5 Å². The fourth-order valence-electron chi connectivity index (χ4n) is 1.19. The monoisotopic (exact) mass is 211 g/mol. The fraction of sp³-hybridized carbons (Fsp3) is 0.300. The molecule has 15 heavy (non-hydrogen) atoms. The van der Waals surface area contributed by atoms with Gasteiger partial charge in [-0.05, 0) is 17.7 Å². The number of aliphatic hydroxyl groups excluding tert-OH is 2. The highest BCUT2D eigenvalue weighted by Gasteiger charge is 2.09. The zero-order chi connectivity index (χ0) is 11.3. The summed E-state index contributed by atoms with van der Waals surface area (Å²) in [6, 6.07) is 6.43. The molecule has 0 atom stereocenters. The third-order valence-electron chi connectivity index (χ3n) is 2.01. The summed E-state index contributed by atoms with van der Waals surface area (Å²) in [5.41, 5.74) is 5.61. The lowest BCUT2D eigenvalue weighted by molar-refractivity contribution is 0.192. The Morgan fingerprint density at radius 3 is 2.20 bits per heavy atom. The van der Waals surface area contributed by atoms with E-state index in [0.717, 1.165) is 5.56 Å². The number of hydrogen-bond acceptors (Lipinski definition) is 4. The SMILES string of the molecule is NC(=O)Oc1ccc(C(CO)CO)cc1. The van der Waals surface area contributed by atoms with E-state index in [2.05, 4.69) is 4.74 Å². The van der Waals surface area contributed by atoms with Crippen molar-refractivity contribution in [2.45, 2.75) is 5.92 Å². The van der Waals surface area contributed by atoms with Crippen LogP contribution in [0.4, 0.5) is 4.79 Å². The van der Waals surface area contributed by atoms with Crippen molar-refractivity contribution in [3.63, 3.8) is 0 Å². The molecule has 0 aromatic heterocycles. The normalized spacial score (nSPS) is 10.3. The van der Waals surface area contributed by atoms with Gasteiger partial charge in [-0.2, -0.15) is 0 Å². The molecule has 0 saturated carbocycles. The van der Waals surface area contributed by atoms with Gasteiger partial charge in [-0.3, -0.25) is 0 Å². The zero-order valence-electron chi connectivity index (χ0n) is 8.09. The lowest BCUT2D eigenvalue weighted by atomic mass is 10.0. The summed E-state index contributed by atoms with van der Waals surface area (Å²) in [5.74, 6) is 0.0218. The molecule has 0 aliphatic heterocycles. The summed E-state index contributed by atoms with van der Waals surface area (Å²) in [6.45, 7) is -0.265. The summed E-state index contributed by atoms with van der Waals surface area (Å²) >= 11 is 0. The maximum atomic E-state index is 10.4. The van der Waals surface area contributed by atoms with Gasteiger partial charge in [-0.15, -0.1) is 0 Å². The Balaban J connectivity index is 2.75. The summed E-state index contributed by atoms with van der Waals surface area (Å²) in [5, 5.41) is 17.9. The van der Waals surface area contributed by atoms with Gasteiger partial charge in [0.1, 0.15) is 5.75 Å². The average molecular weight is 211 g/mol. The van der Waals surface area contributed by atoms with Crippen molar-refractivity contribution in [1.82, 2.24) is 0 Å². The van der Waals surface area contributed by atoms with Crippen molar-refractivity contribution < 1.29 is 19.7 Å². The van der Waals surface area contributed by atoms with Crippen molar-refractivity contribution in [3.05, 3.63) is 29.8 Å². The second-order valence-electron chi connectivity index (χ2n) is 3.05. The standard InChI is InChI=1S/C10H13NO4/c11-10(14)15-9-3-1-7(2-4-9)8(5-12)6-13/h1-4,8,12-13H,5-6H2,(H2,11,14). The Morgan fingerprint density at radius 2 is 1.80 bits per heavy atom. The molecule has 5 heteroatoms. The minimum atomic E-state index is -0.872. The van der Waals surface area contributed by atoms with Gasteiger partial charge in [0, 0.05) is 5.92 Å². The number of primary amides is 1. The van der Waals surface area contributed by atoms with Gasteiger partial charge in [0.25, 0.3) is 0 Å². The molecule has 1 aromatic rings. The molecular formula is C10H13NO4.